The van der Waals surface area contributed by atoms with Gasteiger partial charge < -0.3 is 30.7 Å². The maximum Gasteiger partial charge on any atom is 0.407 e. The minimum Gasteiger partial charge on any atom is -0.445 e. The fraction of sp³-hybridized carbons (Fsp3) is 0.529. The van der Waals surface area contributed by atoms with Gasteiger partial charge in [0.05, 0.1) is 0 Å². The summed E-state index contributed by atoms with van der Waals surface area (Å²) in [6, 6.07) is 18.9. The summed E-state index contributed by atoms with van der Waals surface area (Å²) in [7, 11) is 0. The number of unbranched alkanes of at least 4 members (excludes halogenated alkanes) is 4. The molecule has 0 aliphatic heterocycles. The summed E-state index contributed by atoms with van der Waals surface area (Å²) in [5, 5.41) is 11.8. The molecular formula is C34H48N4O6. The highest BCUT2D eigenvalue weighted by Crippen LogP contribution is 2.19. The Kier molecular flexibility index (Phi) is 16.2. The fourth-order valence-electron chi connectivity index (χ4n) is 5.14. The van der Waals surface area contributed by atoms with E-state index in [4.69, 9.17) is 9.47 Å². The van der Waals surface area contributed by atoms with Gasteiger partial charge >= 0.3 is 12.2 Å². The van der Waals surface area contributed by atoms with Gasteiger partial charge in [-0.2, -0.15) is 0 Å². The van der Waals surface area contributed by atoms with Crippen LogP contribution in [0.25, 0.3) is 0 Å². The molecule has 44 heavy (non-hydrogen) atoms. The van der Waals surface area contributed by atoms with Crippen molar-refractivity contribution in [1.82, 2.24) is 21.3 Å². The minimum atomic E-state index is -0.439. The van der Waals surface area contributed by atoms with Gasteiger partial charge in [0.2, 0.25) is 11.8 Å². The predicted molar refractivity (Wildman–Crippen MR) is 169 cm³/mol. The van der Waals surface area contributed by atoms with Crippen LogP contribution in [0, 0.1) is 0 Å². The number of hydrogen-bond donors (Lipinski definition) is 4. The molecule has 2 aromatic rings. The summed E-state index contributed by atoms with van der Waals surface area (Å²) in [4.78, 5) is 48.8. The smallest absolute Gasteiger partial charge is 0.407 e. The second-order valence-electron chi connectivity index (χ2n) is 11.2. The lowest BCUT2D eigenvalue weighted by atomic mass is 9.90. The van der Waals surface area contributed by atoms with E-state index in [1.165, 1.54) is 0 Å². The molecule has 0 spiro atoms. The van der Waals surface area contributed by atoms with E-state index in [-0.39, 0.29) is 37.1 Å². The summed E-state index contributed by atoms with van der Waals surface area (Å²) in [6.07, 6.45) is 8.39. The van der Waals surface area contributed by atoms with Crippen LogP contribution >= 0.6 is 0 Å². The van der Waals surface area contributed by atoms with Gasteiger partial charge in [-0.1, -0.05) is 86.3 Å². The largest absolute Gasteiger partial charge is 0.445 e. The van der Waals surface area contributed by atoms with E-state index in [1.807, 2.05) is 60.7 Å². The Hall–Kier alpha value is -4.08. The Bertz CT molecular complexity index is 1040. The van der Waals surface area contributed by atoms with Crippen molar-refractivity contribution in [2.75, 3.05) is 13.1 Å². The third-order valence-electron chi connectivity index (χ3n) is 7.58. The van der Waals surface area contributed by atoms with Crippen molar-refractivity contribution in [2.45, 2.75) is 102 Å². The Morgan fingerprint density at radius 2 is 0.977 bits per heavy atom. The summed E-state index contributed by atoms with van der Waals surface area (Å²) in [5.41, 5.74) is 1.88. The Morgan fingerprint density at radius 3 is 1.39 bits per heavy atom. The maximum atomic E-state index is 12.6. The number of ether oxygens (including phenoxy) is 2. The fourth-order valence-corrected chi connectivity index (χ4v) is 5.14. The summed E-state index contributed by atoms with van der Waals surface area (Å²) >= 11 is 0. The second-order valence-corrected chi connectivity index (χ2v) is 11.2. The highest BCUT2D eigenvalue weighted by molar-refractivity contribution is 5.78. The first kappa shape index (κ1) is 34.4. The SMILES string of the molecule is O=C(CCCCCNC(=O)OCc1ccccc1)N[C@@H]1CCCC[C@H]1NC(=O)CCCCCNC(=O)OCc1ccccc1. The van der Waals surface area contributed by atoms with E-state index in [1.54, 1.807) is 0 Å². The Balaban J connectivity index is 1.18. The number of amides is 4. The average Bonchev–Trinajstić information content (AvgIpc) is 3.04. The van der Waals surface area contributed by atoms with Crippen LogP contribution in [0.1, 0.15) is 88.2 Å². The maximum absolute atomic E-state index is 12.6. The monoisotopic (exact) mass is 608 g/mol. The van der Waals surface area contributed by atoms with Gasteiger partial charge in [-0.25, -0.2) is 9.59 Å². The quantitative estimate of drug-likeness (QED) is 0.165. The molecule has 1 aliphatic rings. The zero-order valence-electron chi connectivity index (χ0n) is 25.7. The van der Waals surface area contributed by atoms with Gasteiger partial charge in [0.1, 0.15) is 13.2 Å². The number of rotatable bonds is 18. The molecule has 1 saturated carbocycles. The van der Waals surface area contributed by atoms with Gasteiger partial charge in [-0.05, 0) is 49.7 Å². The Morgan fingerprint density at radius 1 is 0.568 bits per heavy atom. The van der Waals surface area contributed by atoms with Crippen LogP contribution < -0.4 is 21.3 Å². The van der Waals surface area contributed by atoms with Crippen LogP contribution in [0.3, 0.4) is 0 Å². The molecule has 10 heteroatoms. The lowest BCUT2D eigenvalue weighted by Crippen LogP contribution is -2.53. The number of alkyl carbamates (subject to hydrolysis) is 2. The topological polar surface area (TPSA) is 135 Å². The average molecular weight is 609 g/mol. The van der Waals surface area contributed by atoms with Gasteiger partial charge in [0.15, 0.2) is 0 Å². The second kappa shape index (κ2) is 20.8. The number of hydrogen-bond acceptors (Lipinski definition) is 6. The molecule has 4 amide bonds. The standard InChI is InChI=1S/C34H48N4O6/c39-31(21-9-3-13-23-35-33(41)43-25-27-15-5-1-6-16-27)37-29-19-11-12-20-30(29)38-32(40)22-10-4-14-24-36-34(42)44-26-28-17-7-2-8-18-28/h1-2,5-8,15-18,29-30H,3-4,9-14,19-26H2,(H,35,41)(H,36,42)(H,37,39)(H,38,40)/t29-,30-/m1/s1. The van der Waals surface area contributed by atoms with Crippen molar-refractivity contribution in [1.29, 1.82) is 0 Å². The van der Waals surface area contributed by atoms with Crippen molar-refractivity contribution in [3.63, 3.8) is 0 Å². The lowest BCUT2D eigenvalue weighted by molar-refractivity contribution is -0.125. The van der Waals surface area contributed by atoms with Gasteiger partial charge in [0, 0.05) is 38.0 Å². The lowest BCUT2D eigenvalue weighted by Gasteiger charge is -2.33. The zero-order valence-corrected chi connectivity index (χ0v) is 25.7. The molecule has 4 N–H and O–H groups in total. The number of carbonyl (C=O) groups excluding carboxylic acids is 4. The van der Waals surface area contributed by atoms with Crippen LogP contribution in [0.4, 0.5) is 9.59 Å². The molecule has 0 saturated heterocycles. The predicted octanol–water partition coefficient (Wildman–Crippen LogP) is 5.50. The van der Waals surface area contributed by atoms with Gasteiger partial charge in [-0.3, -0.25) is 9.59 Å². The molecule has 2 aromatic carbocycles. The summed E-state index contributed by atoms with van der Waals surface area (Å²) in [5.74, 6) is 0.00217. The van der Waals surface area contributed by atoms with Gasteiger partial charge in [-0.15, -0.1) is 0 Å². The first-order chi connectivity index (χ1) is 21.5. The molecule has 240 valence electrons. The third kappa shape index (κ3) is 14.9. The summed E-state index contributed by atoms with van der Waals surface area (Å²) < 4.78 is 10.4. The molecular weight excluding hydrogens is 560 g/mol. The molecule has 0 unspecified atom stereocenters. The van der Waals surface area contributed by atoms with E-state index < -0.39 is 12.2 Å². The number of nitrogens with one attached hydrogen (secondary N) is 4. The molecule has 10 nitrogen and oxygen atoms in total. The molecule has 0 radical (unpaired) electrons. The Labute approximate surface area is 261 Å². The number of carbonyl (C=O) groups is 4. The van der Waals surface area contributed by atoms with E-state index in [0.717, 1.165) is 75.3 Å². The highest BCUT2D eigenvalue weighted by atomic mass is 16.6. The third-order valence-corrected chi connectivity index (χ3v) is 7.58. The molecule has 1 fully saturated rings. The number of benzene rings is 2. The molecule has 3 rings (SSSR count). The van der Waals surface area contributed by atoms with E-state index >= 15 is 0 Å². The van der Waals surface area contributed by atoms with Crippen molar-refractivity contribution >= 4 is 24.0 Å². The molecule has 0 heterocycles. The molecule has 1 aliphatic carbocycles. The van der Waals surface area contributed by atoms with Crippen LogP contribution in [-0.2, 0) is 32.3 Å². The van der Waals surface area contributed by atoms with Crippen molar-refractivity contribution in [3.05, 3.63) is 71.8 Å². The minimum absolute atomic E-state index is 0.00109. The van der Waals surface area contributed by atoms with Crippen molar-refractivity contribution in [3.8, 4) is 0 Å². The molecule has 0 bridgehead atoms. The van der Waals surface area contributed by atoms with E-state index in [0.29, 0.717) is 25.9 Å². The summed E-state index contributed by atoms with van der Waals surface area (Å²) in [6.45, 7) is 1.49. The van der Waals surface area contributed by atoms with Crippen LogP contribution in [0.15, 0.2) is 60.7 Å². The van der Waals surface area contributed by atoms with Crippen molar-refractivity contribution in [2.24, 2.45) is 0 Å². The van der Waals surface area contributed by atoms with Crippen LogP contribution in [-0.4, -0.2) is 49.2 Å². The highest BCUT2D eigenvalue weighted by Gasteiger charge is 2.27. The van der Waals surface area contributed by atoms with E-state index in [2.05, 4.69) is 21.3 Å². The van der Waals surface area contributed by atoms with Gasteiger partial charge in [0.25, 0.3) is 0 Å². The first-order valence-corrected chi connectivity index (χ1v) is 16.0. The van der Waals surface area contributed by atoms with Crippen molar-refractivity contribution < 1.29 is 28.7 Å². The zero-order chi connectivity index (χ0) is 31.2. The van der Waals surface area contributed by atoms with Crippen LogP contribution in [0.5, 0.6) is 0 Å². The molecule has 0 aromatic heterocycles. The normalized spacial score (nSPS) is 15.9. The van der Waals surface area contributed by atoms with Crippen LogP contribution in [0.2, 0.25) is 0 Å². The molecule has 2 atom stereocenters. The first-order valence-electron chi connectivity index (χ1n) is 16.0. The van der Waals surface area contributed by atoms with E-state index in [9.17, 15) is 19.2 Å².